The third kappa shape index (κ3) is 2.63. The molecule has 0 aliphatic heterocycles. The standard InChI is InChI=1S/C14H19FN2O/c1-14(15,10-6-8-11(16)9-7-10)13(18)17-12-4-2-3-5-12/h6-9,12H,2-5,16H2,1H3,(H,17,18). The summed E-state index contributed by atoms with van der Waals surface area (Å²) in [5, 5.41) is 2.79. The smallest absolute Gasteiger partial charge is 0.262 e. The van der Waals surface area contributed by atoms with Crippen LogP contribution >= 0.6 is 0 Å². The predicted molar refractivity (Wildman–Crippen MR) is 69.7 cm³/mol. The van der Waals surface area contributed by atoms with Crippen molar-refractivity contribution < 1.29 is 9.18 Å². The zero-order chi connectivity index (χ0) is 13.2. The number of carbonyl (C=O) groups is 1. The van der Waals surface area contributed by atoms with E-state index in [4.69, 9.17) is 5.73 Å². The van der Waals surface area contributed by atoms with E-state index in [2.05, 4.69) is 5.32 Å². The van der Waals surface area contributed by atoms with Crippen LogP contribution in [-0.4, -0.2) is 11.9 Å². The van der Waals surface area contributed by atoms with E-state index in [1.54, 1.807) is 24.3 Å². The quantitative estimate of drug-likeness (QED) is 0.810. The Kier molecular flexibility index (Phi) is 3.55. The van der Waals surface area contributed by atoms with E-state index in [-0.39, 0.29) is 6.04 Å². The fourth-order valence-electron chi connectivity index (χ4n) is 2.32. The first-order valence-electron chi connectivity index (χ1n) is 6.36. The first-order valence-corrected chi connectivity index (χ1v) is 6.36. The second kappa shape index (κ2) is 4.96. The maximum atomic E-state index is 14.5. The van der Waals surface area contributed by atoms with E-state index in [9.17, 15) is 9.18 Å². The molecule has 3 nitrogen and oxygen atoms in total. The lowest BCUT2D eigenvalue weighted by molar-refractivity contribution is -0.133. The Hall–Kier alpha value is -1.58. The number of carbonyl (C=O) groups excluding carboxylic acids is 1. The minimum atomic E-state index is -2.00. The summed E-state index contributed by atoms with van der Waals surface area (Å²) in [5.41, 5.74) is 4.45. The highest BCUT2D eigenvalue weighted by Gasteiger charge is 2.36. The first-order chi connectivity index (χ1) is 8.50. The molecule has 1 fully saturated rings. The van der Waals surface area contributed by atoms with Gasteiger partial charge in [-0.25, -0.2) is 4.39 Å². The maximum absolute atomic E-state index is 14.5. The van der Waals surface area contributed by atoms with Crippen LogP contribution in [0.25, 0.3) is 0 Å². The van der Waals surface area contributed by atoms with Crippen molar-refractivity contribution >= 4 is 11.6 Å². The molecule has 0 aromatic heterocycles. The van der Waals surface area contributed by atoms with Crippen LogP contribution in [0.5, 0.6) is 0 Å². The molecule has 18 heavy (non-hydrogen) atoms. The number of halogens is 1. The van der Waals surface area contributed by atoms with Crippen LogP contribution in [0.1, 0.15) is 38.2 Å². The molecule has 0 saturated heterocycles. The summed E-state index contributed by atoms with van der Waals surface area (Å²) >= 11 is 0. The molecule has 1 unspecified atom stereocenters. The number of nitrogens with one attached hydrogen (secondary N) is 1. The summed E-state index contributed by atoms with van der Waals surface area (Å²) in [6, 6.07) is 6.46. The van der Waals surface area contributed by atoms with Gasteiger partial charge >= 0.3 is 0 Å². The van der Waals surface area contributed by atoms with Gasteiger partial charge in [0.05, 0.1) is 0 Å². The Morgan fingerprint density at radius 3 is 2.44 bits per heavy atom. The van der Waals surface area contributed by atoms with E-state index in [1.807, 2.05) is 0 Å². The number of nitrogens with two attached hydrogens (primary N) is 1. The number of rotatable bonds is 3. The lowest BCUT2D eigenvalue weighted by Crippen LogP contribution is -2.43. The summed E-state index contributed by atoms with van der Waals surface area (Å²) < 4.78 is 14.5. The number of alkyl halides is 1. The van der Waals surface area contributed by atoms with Crippen molar-refractivity contribution in [2.24, 2.45) is 0 Å². The Morgan fingerprint density at radius 1 is 1.33 bits per heavy atom. The average Bonchev–Trinajstić information content (AvgIpc) is 2.82. The summed E-state index contributed by atoms with van der Waals surface area (Å²) in [7, 11) is 0. The summed E-state index contributed by atoms with van der Waals surface area (Å²) in [6.07, 6.45) is 4.11. The van der Waals surface area contributed by atoms with Crippen LogP contribution in [0.4, 0.5) is 10.1 Å². The summed E-state index contributed by atoms with van der Waals surface area (Å²) in [5.74, 6) is -0.556. The molecule has 2 rings (SSSR count). The zero-order valence-corrected chi connectivity index (χ0v) is 10.6. The fourth-order valence-corrected chi connectivity index (χ4v) is 2.32. The zero-order valence-electron chi connectivity index (χ0n) is 10.6. The van der Waals surface area contributed by atoms with Crippen molar-refractivity contribution in [1.82, 2.24) is 5.32 Å². The van der Waals surface area contributed by atoms with E-state index < -0.39 is 11.6 Å². The van der Waals surface area contributed by atoms with Gasteiger partial charge in [-0.05, 0) is 37.5 Å². The molecule has 1 atom stereocenters. The van der Waals surface area contributed by atoms with Crippen LogP contribution in [-0.2, 0) is 10.5 Å². The Morgan fingerprint density at radius 2 is 1.89 bits per heavy atom. The third-order valence-corrected chi connectivity index (χ3v) is 3.57. The molecule has 1 aliphatic rings. The molecule has 0 spiro atoms. The van der Waals surface area contributed by atoms with Gasteiger partial charge in [0, 0.05) is 11.7 Å². The van der Waals surface area contributed by atoms with Gasteiger partial charge in [0.1, 0.15) is 0 Å². The monoisotopic (exact) mass is 250 g/mol. The van der Waals surface area contributed by atoms with Gasteiger partial charge in [0.25, 0.3) is 5.91 Å². The lowest BCUT2D eigenvalue weighted by atomic mass is 9.96. The molecule has 0 heterocycles. The predicted octanol–water partition coefficient (Wildman–Crippen LogP) is 2.51. The van der Waals surface area contributed by atoms with Crippen LogP contribution in [0, 0.1) is 0 Å². The summed E-state index contributed by atoms with van der Waals surface area (Å²) in [4.78, 5) is 12.0. The van der Waals surface area contributed by atoms with Crippen molar-refractivity contribution in [2.45, 2.75) is 44.3 Å². The first kappa shape index (κ1) is 12.9. The maximum Gasteiger partial charge on any atom is 0.262 e. The van der Waals surface area contributed by atoms with Gasteiger partial charge in [0.15, 0.2) is 0 Å². The minimum absolute atomic E-state index is 0.126. The molecule has 3 N–H and O–H groups in total. The number of hydrogen-bond donors (Lipinski definition) is 2. The minimum Gasteiger partial charge on any atom is -0.399 e. The van der Waals surface area contributed by atoms with E-state index >= 15 is 0 Å². The van der Waals surface area contributed by atoms with Crippen molar-refractivity contribution in [3.8, 4) is 0 Å². The number of hydrogen-bond acceptors (Lipinski definition) is 2. The van der Waals surface area contributed by atoms with Crippen molar-refractivity contribution in [3.05, 3.63) is 29.8 Å². The molecule has 0 bridgehead atoms. The third-order valence-electron chi connectivity index (χ3n) is 3.57. The highest BCUT2D eigenvalue weighted by molar-refractivity contribution is 5.86. The van der Waals surface area contributed by atoms with Gasteiger partial charge in [-0.1, -0.05) is 25.0 Å². The molecule has 98 valence electrons. The average molecular weight is 250 g/mol. The van der Waals surface area contributed by atoms with E-state index in [1.165, 1.54) is 6.92 Å². The number of benzene rings is 1. The van der Waals surface area contributed by atoms with E-state index in [0.29, 0.717) is 11.3 Å². The normalized spacial score (nSPS) is 19.4. The highest BCUT2D eigenvalue weighted by Crippen LogP contribution is 2.28. The van der Waals surface area contributed by atoms with Gasteiger partial charge in [-0.3, -0.25) is 4.79 Å². The molecular formula is C14H19FN2O. The number of anilines is 1. The van der Waals surface area contributed by atoms with Crippen molar-refractivity contribution in [2.75, 3.05) is 5.73 Å². The Bertz CT molecular complexity index is 422. The van der Waals surface area contributed by atoms with Crippen molar-refractivity contribution in [3.63, 3.8) is 0 Å². The topological polar surface area (TPSA) is 55.1 Å². The SMILES string of the molecule is CC(F)(C(=O)NC1CCCC1)c1ccc(N)cc1. The van der Waals surface area contributed by atoms with Crippen molar-refractivity contribution in [1.29, 1.82) is 0 Å². The van der Waals surface area contributed by atoms with Gasteiger partial charge in [-0.15, -0.1) is 0 Å². The second-order valence-corrected chi connectivity index (χ2v) is 5.08. The molecular weight excluding hydrogens is 231 g/mol. The highest BCUT2D eigenvalue weighted by atomic mass is 19.1. The summed E-state index contributed by atoms with van der Waals surface area (Å²) in [6.45, 7) is 1.29. The number of nitrogen functional groups attached to an aromatic ring is 1. The largest absolute Gasteiger partial charge is 0.399 e. The second-order valence-electron chi connectivity index (χ2n) is 5.08. The Labute approximate surface area is 107 Å². The molecule has 4 heteroatoms. The van der Waals surface area contributed by atoms with Crippen LogP contribution < -0.4 is 11.1 Å². The molecule has 0 radical (unpaired) electrons. The number of amides is 1. The van der Waals surface area contributed by atoms with Crippen LogP contribution in [0.3, 0.4) is 0 Å². The molecule has 1 amide bonds. The molecule has 1 aromatic rings. The molecule has 1 aliphatic carbocycles. The van der Waals surface area contributed by atoms with Crippen LogP contribution in [0.2, 0.25) is 0 Å². The van der Waals surface area contributed by atoms with E-state index in [0.717, 1.165) is 25.7 Å². The van der Waals surface area contributed by atoms with Crippen LogP contribution in [0.15, 0.2) is 24.3 Å². The fraction of sp³-hybridized carbons (Fsp3) is 0.500. The molecule has 1 aromatic carbocycles. The Balaban J connectivity index is 2.08. The van der Waals surface area contributed by atoms with Gasteiger partial charge in [-0.2, -0.15) is 0 Å². The molecule has 1 saturated carbocycles. The van der Waals surface area contributed by atoms with Gasteiger partial charge in [0.2, 0.25) is 5.67 Å². The van der Waals surface area contributed by atoms with Gasteiger partial charge < -0.3 is 11.1 Å². The lowest BCUT2D eigenvalue weighted by Gasteiger charge is -2.22.